The molecule has 0 aromatic heterocycles. The predicted octanol–water partition coefficient (Wildman–Crippen LogP) is 0.530. The molecule has 0 saturated heterocycles. The molecule has 0 aliphatic rings. The summed E-state index contributed by atoms with van der Waals surface area (Å²) in [6.45, 7) is 7.76. The molecule has 2 atom stereocenters. The number of carbonyl (C=O) groups is 5. The number of Topliss-reactive ketones (excluding diaryl/α,β-unsaturated/α-hetero) is 1. The lowest BCUT2D eigenvalue weighted by Gasteiger charge is -2.29. The van der Waals surface area contributed by atoms with Crippen molar-refractivity contribution in [2.75, 3.05) is 20.2 Å². The molecule has 142 valence electrons. The van der Waals surface area contributed by atoms with E-state index in [2.05, 4.69) is 10.1 Å². The maximum atomic E-state index is 12.6. The van der Waals surface area contributed by atoms with E-state index < -0.39 is 34.6 Å². The average Bonchev–Trinajstić information content (AvgIpc) is 2.59. The highest BCUT2D eigenvalue weighted by Gasteiger charge is 2.33. The van der Waals surface area contributed by atoms with Crippen LogP contribution in [0, 0.1) is 0 Å². The van der Waals surface area contributed by atoms with Crippen LogP contribution >= 0.6 is 11.8 Å². The number of ketones is 1. The van der Waals surface area contributed by atoms with Gasteiger partial charge in [0, 0.05) is 24.8 Å². The molecule has 8 nitrogen and oxygen atoms in total. The van der Waals surface area contributed by atoms with E-state index in [4.69, 9.17) is 0 Å². The summed E-state index contributed by atoms with van der Waals surface area (Å²) in [6.07, 6.45) is -0.459. The Morgan fingerprint density at radius 2 is 1.64 bits per heavy atom. The molecule has 0 spiro atoms. The quantitative estimate of drug-likeness (QED) is 0.337. The highest BCUT2D eigenvalue weighted by molar-refractivity contribution is 8.16. The van der Waals surface area contributed by atoms with Gasteiger partial charge in [0.15, 0.2) is 0 Å². The Hall–Kier alpha value is -1.90. The van der Waals surface area contributed by atoms with Crippen LogP contribution in [0.25, 0.3) is 0 Å². The van der Waals surface area contributed by atoms with E-state index >= 15 is 0 Å². The number of rotatable bonds is 10. The lowest BCUT2D eigenvalue weighted by Crippen LogP contribution is -2.53. The SMILES string of the molecule is CCC(=O)NC(C(=O)N(CC)CC)C(C)SC(=O)C(=O)CC(=O)OC. The number of methoxy groups -OCH3 is 1. The summed E-state index contributed by atoms with van der Waals surface area (Å²) in [7, 11) is 1.12. The van der Waals surface area contributed by atoms with E-state index in [1.165, 1.54) is 0 Å². The lowest BCUT2D eigenvalue weighted by molar-refractivity contribution is -0.145. The number of hydrogen-bond acceptors (Lipinski definition) is 7. The molecule has 0 aromatic rings. The molecule has 0 fully saturated rings. The van der Waals surface area contributed by atoms with Gasteiger partial charge in [0.1, 0.15) is 12.5 Å². The van der Waals surface area contributed by atoms with E-state index in [1.54, 1.807) is 18.7 Å². The van der Waals surface area contributed by atoms with Crippen molar-refractivity contribution in [2.45, 2.75) is 51.8 Å². The number of nitrogens with one attached hydrogen (secondary N) is 1. The number of likely N-dealkylation sites (N-methyl/N-ethyl adjacent to an activating group) is 1. The Labute approximate surface area is 152 Å². The summed E-state index contributed by atoms with van der Waals surface area (Å²) in [5.74, 6) is -2.35. The zero-order valence-electron chi connectivity index (χ0n) is 15.3. The Bertz CT molecular complexity index is 519. The average molecular weight is 374 g/mol. The molecule has 0 aliphatic heterocycles. The van der Waals surface area contributed by atoms with Gasteiger partial charge in [0.05, 0.1) is 7.11 Å². The highest BCUT2D eigenvalue weighted by atomic mass is 32.2. The van der Waals surface area contributed by atoms with Gasteiger partial charge >= 0.3 is 5.97 Å². The maximum absolute atomic E-state index is 12.6. The number of ether oxygens (including phenoxy) is 1. The van der Waals surface area contributed by atoms with Crippen molar-refractivity contribution in [3.63, 3.8) is 0 Å². The molecule has 0 rings (SSSR count). The number of nitrogens with zero attached hydrogens (tertiary/aromatic N) is 1. The van der Waals surface area contributed by atoms with Gasteiger partial charge in [-0.1, -0.05) is 25.6 Å². The van der Waals surface area contributed by atoms with E-state index in [1.807, 2.05) is 13.8 Å². The minimum atomic E-state index is -0.938. The van der Waals surface area contributed by atoms with Crippen molar-refractivity contribution in [1.29, 1.82) is 0 Å². The number of carbonyl (C=O) groups excluding carboxylic acids is 5. The first-order valence-electron chi connectivity index (χ1n) is 8.10. The Balaban J connectivity index is 5.14. The summed E-state index contributed by atoms with van der Waals surface area (Å²) in [5, 5.41) is 1.09. The summed E-state index contributed by atoms with van der Waals surface area (Å²) < 4.78 is 4.35. The van der Waals surface area contributed by atoms with Crippen LogP contribution in [0.2, 0.25) is 0 Å². The van der Waals surface area contributed by atoms with E-state index in [-0.39, 0.29) is 18.2 Å². The Kier molecular flexibility index (Phi) is 10.7. The maximum Gasteiger partial charge on any atom is 0.313 e. The molecule has 0 bridgehead atoms. The van der Waals surface area contributed by atoms with Gasteiger partial charge in [0.2, 0.25) is 17.6 Å². The summed E-state index contributed by atoms with van der Waals surface area (Å²) in [4.78, 5) is 60.6. The summed E-state index contributed by atoms with van der Waals surface area (Å²) in [5.41, 5.74) is 0. The Morgan fingerprint density at radius 3 is 2.08 bits per heavy atom. The van der Waals surface area contributed by atoms with Crippen LogP contribution in [0.3, 0.4) is 0 Å². The molecule has 1 N–H and O–H groups in total. The molecule has 0 aromatic carbocycles. The van der Waals surface area contributed by atoms with Crippen molar-refractivity contribution in [3.05, 3.63) is 0 Å². The third kappa shape index (κ3) is 7.68. The third-order valence-corrected chi connectivity index (χ3v) is 4.59. The van der Waals surface area contributed by atoms with Crippen molar-refractivity contribution in [1.82, 2.24) is 10.2 Å². The molecule has 2 unspecified atom stereocenters. The molecule has 0 saturated carbocycles. The van der Waals surface area contributed by atoms with Gasteiger partial charge < -0.3 is 15.0 Å². The van der Waals surface area contributed by atoms with Crippen LogP contribution in [-0.4, -0.2) is 65.1 Å². The fourth-order valence-corrected chi connectivity index (χ4v) is 2.83. The van der Waals surface area contributed by atoms with Crippen molar-refractivity contribution < 1.29 is 28.7 Å². The second-order valence-corrected chi connectivity index (χ2v) is 6.55. The highest BCUT2D eigenvalue weighted by Crippen LogP contribution is 2.19. The second-order valence-electron chi connectivity index (χ2n) is 5.20. The number of amides is 2. The van der Waals surface area contributed by atoms with Gasteiger partial charge in [-0.25, -0.2) is 0 Å². The largest absolute Gasteiger partial charge is 0.469 e. The topological polar surface area (TPSA) is 110 Å². The van der Waals surface area contributed by atoms with Gasteiger partial charge in [-0.3, -0.25) is 24.0 Å². The van der Waals surface area contributed by atoms with Crippen molar-refractivity contribution in [3.8, 4) is 0 Å². The van der Waals surface area contributed by atoms with Crippen LogP contribution in [0.1, 0.15) is 40.5 Å². The second kappa shape index (κ2) is 11.6. The van der Waals surface area contributed by atoms with Crippen LogP contribution < -0.4 is 5.32 Å². The van der Waals surface area contributed by atoms with Crippen LogP contribution in [0.4, 0.5) is 0 Å². The molecule has 2 amide bonds. The summed E-state index contributed by atoms with van der Waals surface area (Å²) >= 11 is 0.629. The van der Waals surface area contributed by atoms with Gasteiger partial charge in [-0.2, -0.15) is 0 Å². The summed E-state index contributed by atoms with van der Waals surface area (Å²) in [6, 6.07) is -0.938. The smallest absolute Gasteiger partial charge is 0.313 e. The van der Waals surface area contributed by atoms with E-state index in [0.717, 1.165) is 7.11 Å². The van der Waals surface area contributed by atoms with E-state index in [9.17, 15) is 24.0 Å². The third-order valence-electron chi connectivity index (χ3n) is 3.50. The molecular weight excluding hydrogens is 348 g/mol. The first-order chi connectivity index (χ1) is 11.7. The van der Waals surface area contributed by atoms with Crippen LogP contribution in [0.5, 0.6) is 0 Å². The first-order valence-corrected chi connectivity index (χ1v) is 8.98. The monoisotopic (exact) mass is 374 g/mol. The van der Waals surface area contributed by atoms with Crippen molar-refractivity contribution >= 4 is 40.4 Å². The fourth-order valence-electron chi connectivity index (χ4n) is 1.97. The first kappa shape index (κ1) is 23.1. The van der Waals surface area contributed by atoms with E-state index in [0.29, 0.717) is 24.9 Å². The molecule has 9 heteroatoms. The lowest BCUT2D eigenvalue weighted by atomic mass is 10.1. The minimum absolute atomic E-state index is 0.189. The molecular formula is C16H26N2O6S. The standard InChI is InChI=1S/C16H26N2O6S/c1-6-12(20)17-14(15(22)18(7-2)8-3)10(4)25-16(23)11(19)9-13(21)24-5/h10,14H,6-9H2,1-5H3,(H,17,20). The zero-order chi connectivity index (χ0) is 19.6. The molecule has 0 radical (unpaired) electrons. The molecule has 0 heterocycles. The molecule has 25 heavy (non-hydrogen) atoms. The van der Waals surface area contributed by atoms with Crippen LogP contribution in [-0.2, 0) is 28.7 Å². The number of hydrogen-bond donors (Lipinski definition) is 1. The zero-order valence-corrected chi connectivity index (χ0v) is 16.1. The van der Waals surface area contributed by atoms with Crippen LogP contribution in [0.15, 0.2) is 0 Å². The minimum Gasteiger partial charge on any atom is -0.469 e. The van der Waals surface area contributed by atoms with Crippen molar-refractivity contribution in [2.24, 2.45) is 0 Å². The van der Waals surface area contributed by atoms with Gasteiger partial charge in [-0.05, 0) is 13.8 Å². The fraction of sp³-hybridized carbons (Fsp3) is 0.688. The van der Waals surface area contributed by atoms with Gasteiger partial charge in [0.25, 0.3) is 5.12 Å². The molecule has 0 aliphatic carbocycles. The Morgan fingerprint density at radius 1 is 1.08 bits per heavy atom. The number of thioether (sulfide) groups is 1. The predicted molar refractivity (Wildman–Crippen MR) is 93.8 cm³/mol. The normalized spacial score (nSPS) is 12.7. The number of esters is 1. The van der Waals surface area contributed by atoms with Gasteiger partial charge in [-0.15, -0.1) is 0 Å².